The first-order chi connectivity index (χ1) is 10.6. The van der Waals surface area contributed by atoms with Gasteiger partial charge in [-0.15, -0.1) is 0 Å². The molecule has 0 aliphatic carbocycles. The average Bonchev–Trinajstić information content (AvgIpc) is 2.53. The van der Waals surface area contributed by atoms with Gasteiger partial charge < -0.3 is 10.2 Å². The van der Waals surface area contributed by atoms with Crippen molar-refractivity contribution in [1.82, 2.24) is 0 Å². The monoisotopic (exact) mass is 315 g/mol. The third-order valence-electron chi connectivity index (χ3n) is 3.22. The Hall–Kier alpha value is -2.21. The number of aromatic carboxylic acids is 1. The van der Waals surface area contributed by atoms with E-state index in [1.807, 2.05) is 42.5 Å². The molecule has 0 aromatic heterocycles. The third-order valence-corrected chi connectivity index (χ3v) is 3.22. The van der Waals surface area contributed by atoms with E-state index in [-0.39, 0.29) is 40.9 Å². The van der Waals surface area contributed by atoms with Crippen molar-refractivity contribution in [3.05, 3.63) is 66.2 Å². The molecule has 0 aliphatic rings. The van der Waals surface area contributed by atoms with Crippen LogP contribution >= 0.6 is 0 Å². The Morgan fingerprint density at radius 3 is 2.13 bits per heavy atom. The van der Waals surface area contributed by atoms with Crippen LogP contribution < -0.4 is 29.6 Å². The molecule has 3 aromatic rings. The number of azo groups is 1. The summed E-state index contributed by atoms with van der Waals surface area (Å²) in [4.78, 5) is 11.0. The maximum atomic E-state index is 11.0. The zero-order valence-electron chi connectivity index (χ0n) is 12.5. The largest absolute Gasteiger partial charge is 1.00 e. The topological polar surface area (TPSA) is 82.2 Å². The van der Waals surface area contributed by atoms with Crippen molar-refractivity contribution in [2.75, 3.05) is 0 Å². The summed E-state index contributed by atoms with van der Waals surface area (Å²) in [5.41, 5.74) is 0.835. The van der Waals surface area contributed by atoms with Crippen molar-refractivity contribution in [3.63, 3.8) is 0 Å². The van der Waals surface area contributed by atoms with Crippen LogP contribution in [-0.2, 0) is 0 Å². The standard InChI is InChI=1S/C17H12N2O3.Na/c20-16-8-7-14(10-15(16)17(21)22)19-18-13-6-5-11-3-1-2-4-12(11)9-13;/h1-10,20H,(H,21,22);/q;+1. The van der Waals surface area contributed by atoms with E-state index >= 15 is 0 Å². The fourth-order valence-electron chi connectivity index (χ4n) is 2.11. The van der Waals surface area contributed by atoms with Gasteiger partial charge in [0.25, 0.3) is 0 Å². The number of aromatic hydroxyl groups is 1. The molecule has 0 bridgehead atoms. The van der Waals surface area contributed by atoms with E-state index in [4.69, 9.17) is 5.11 Å². The predicted molar refractivity (Wildman–Crippen MR) is 83.2 cm³/mol. The summed E-state index contributed by atoms with van der Waals surface area (Å²) < 4.78 is 0. The van der Waals surface area contributed by atoms with Gasteiger partial charge in [-0.25, -0.2) is 4.79 Å². The Kier molecular flexibility index (Phi) is 5.50. The first-order valence-corrected chi connectivity index (χ1v) is 6.60. The zero-order chi connectivity index (χ0) is 15.5. The van der Waals surface area contributed by atoms with E-state index in [1.165, 1.54) is 18.2 Å². The number of carbonyl (C=O) groups is 1. The molecule has 0 heterocycles. The Labute approximate surface area is 154 Å². The molecule has 0 spiro atoms. The molecule has 2 N–H and O–H groups in total. The number of nitrogens with zero attached hydrogens (tertiary/aromatic N) is 2. The first kappa shape index (κ1) is 17.1. The maximum Gasteiger partial charge on any atom is 1.00 e. The molecule has 3 rings (SSSR count). The van der Waals surface area contributed by atoms with Crippen molar-refractivity contribution < 1.29 is 44.6 Å². The maximum absolute atomic E-state index is 11.0. The Morgan fingerprint density at radius 1 is 0.826 bits per heavy atom. The van der Waals surface area contributed by atoms with Crippen LogP contribution in [-0.4, -0.2) is 16.2 Å². The summed E-state index contributed by atoms with van der Waals surface area (Å²) in [6.07, 6.45) is 0. The second-order valence-corrected chi connectivity index (χ2v) is 4.74. The number of carboxylic acid groups (broad SMARTS) is 1. The summed E-state index contributed by atoms with van der Waals surface area (Å²) in [6.45, 7) is 0. The summed E-state index contributed by atoms with van der Waals surface area (Å²) in [5.74, 6) is -1.50. The molecule has 5 nitrogen and oxygen atoms in total. The number of hydrogen-bond donors (Lipinski definition) is 2. The molecular weight excluding hydrogens is 303 g/mol. The minimum absolute atomic E-state index is 0. The number of phenols is 1. The molecule has 0 atom stereocenters. The second-order valence-electron chi connectivity index (χ2n) is 4.74. The van der Waals surface area contributed by atoms with E-state index in [0.717, 1.165) is 10.8 Å². The number of hydrogen-bond acceptors (Lipinski definition) is 4. The molecule has 0 unspecified atom stereocenters. The van der Waals surface area contributed by atoms with Gasteiger partial charge in [0.05, 0.1) is 11.4 Å². The molecular formula is C17H12N2NaO3+. The van der Waals surface area contributed by atoms with Crippen LogP contribution in [0.15, 0.2) is 70.9 Å². The summed E-state index contributed by atoms with van der Waals surface area (Å²) in [7, 11) is 0. The molecule has 0 saturated carbocycles. The van der Waals surface area contributed by atoms with E-state index in [9.17, 15) is 9.90 Å². The van der Waals surface area contributed by atoms with Gasteiger partial charge >= 0.3 is 35.5 Å². The van der Waals surface area contributed by atoms with Gasteiger partial charge in [0, 0.05) is 0 Å². The van der Waals surface area contributed by atoms with Crippen molar-refractivity contribution in [2.24, 2.45) is 10.2 Å². The van der Waals surface area contributed by atoms with Crippen LogP contribution in [0.1, 0.15) is 10.4 Å². The zero-order valence-corrected chi connectivity index (χ0v) is 14.5. The van der Waals surface area contributed by atoms with Crippen LogP contribution in [0.3, 0.4) is 0 Å². The average molecular weight is 315 g/mol. The number of carboxylic acids is 1. The summed E-state index contributed by atoms with van der Waals surface area (Å²) >= 11 is 0. The van der Waals surface area contributed by atoms with E-state index in [2.05, 4.69) is 10.2 Å². The minimum Gasteiger partial charge on any atom is -0.507 e. The smallest absolute Gasteiger partial charge is 0.507 e. The predicted octanol–water partition coefficient (Wildman–Crippen LogP) is 1.66. The Morgan fingerprint density at radius 2 is 1.43 bits per heavy atom. The molecule has 0 radical (unpaired) electrons. The van der Waals surface area contributed by atoms with Gasteiger partial charge in [-0.3, -0.25) is 0 Å². The molecule has 0 fully saturated rings. The summed E-state index contributed by atoms with van der Waals surface area (Å²) in [5, 5.41) is 28.7. The second kappa shape index (κ2) is 7.37. The van der Waals surface area contributed by atoms with Crippen molar-refractivity contribution in [1.29, 1.82) is 0 Å². The third kappa shape index (κ3) is 3.96. The van der Waals surface area contributed by atoms with Crippen molar-refractivity contribution in [2.45, 2.75) is 0 Å². The van der Waals surface area contributed by atoms with Gasteiger partial charge in [-0.1, -0.05) is 30.3 Å². The number of benzene rings is 3. The van der Waals surface area contributed by atoms with E-state index in [1.54, 1.807) is 0 Å². The van der Waals surface area contributed by atoms with Crippen LogP contribution in [0.25, 0.3) is 10.8 Å². The SMILES string of the molecule is O=C(O)c1cc(N=Nc2ccc3ccccc3c2)ccc1O.[Na+]. The minimum atomic E-state index is -1.21. The van der Waals surface area contributed by atoms with Gasteiger partial charge in [-0.2, -0.15) is 10.2 Å². The van der Waals surface area contributed by atoms with Crippen LogP contribution in [0.2, 0.25) is 0 Å². The Balaban J connectivity index is 0.00000192. The molecule has 23 heavy (non-hydrogen) atoms. The van der Waals surface area contributed by atoms with Gasteiger partial charge in [0.1, 0.15) is 11.3 Å². The fourth-order valence-corrected chi connectivity index (χ4v) is 2.11. The first-order valence-electron chi connectivity index (χ1n) is 6.60. The molecule has 0 aliphatic heterocycles. The van der Waals surface area contributed by atoms with Gasteiger partial charge in [0.2, 0.25) is 0 Å². The quantitative estimate of drug-likeness (QED) is 0.570. The molecule has 3 aromatic carbocycles. The van der Waals surface area contributed by atoms with Crippen LogP contribution in [0, 0.1) is 0 Å². The molecule has 108 valence electrons. The molecule has 6 heteroatoms. The molecule has 0 amide bonds. The van der Waals surface area contributed by atoms with Gasteiger partial charge in [0.15, 0.2) is 0 Å². The number of fused-ring (bicyclic) bond motifs is 1. The normalized spacial score (nSPS) is 10.6. The van der Waals surface area contributed by atoms with Crippen LogP contribution in [0.4, 0.5) is 11.4 Å². The summed E-state index contributed by atoms with van der Waals surface area (Å²) in [6, 6.07) is 17.7. The van der Waals surface area contributed by atoms with Crippen molar-refractivity contribution in [3.8, 4) is 5.75 Å². The van der Waals surface area contributed by atoms with Crippen LogP contribution in [0.5, 0.6) is 5.75 Å². The van der Waals surface area contributed by atoms with Gasteiger partial charge in [-0.05, 0) is 41.1 Å². The Bertz CT molecular complexity index is 894. The van der Waals surface area contributed by atoms with E-state index < -0.39 is 5.97 Å². The molecule has 0 saturated heterocycles. The van der Waals surface area contributed by atoms with E-state index in [0.29, 0.717) is 11.4 Å². The van der Waals surface area contributed by atoms with Crippen molar-refractivity contribution >= 4 is 28.1 Å². The number of rotatable bonds is 3. The fraction of sp³-hybridized carbons (Fsp3) is 0.